The SMILES string of the molecule is CCN(CC)C1CCN(Cc2cc(F)cc(C(=O)O)c2)C1. The summed E-state index contributed by atoms with van der Waals surface area (Å²) in [5.41, 5.74) is 0.747. The maximum Gasteiger partial charge on any atom is 0.335 e. The molecule has 0 spiro atoms. The van der Waals surface area contributed by atoms with Crippen molar-refractivity contribution >= 4 is 5.97 Å². The van der Waals surface area contributed by atoms with Crippen LogP contribution < -0.4 is 0 Å². The summed E-state index contributed by atoms with van der Waals surface area (Å²) in [5, 5.41) is 8.99. The van der Waals surface area contributed by atoms with Crippen molar-refractivity contribution in [3.8, 4) is 0 Å². The van der Waals surface area contributed by atoms with E-state index < -0.39 is 11.8 Å². The van der Waals surface area contributed by atoms with E-state index in [1.165, 1.54) is 6.07 Å². The molecule has 1 saturated heterocycles. The number of nitrogens with zero attached hydrogens (tertiary/aromatic N) is 2. The van der Waals surface area contributed by atoms with Gasteiger partial charge < -0.3 is 5.11 Å². The Labute approximate surface area is 125 Å². The van der Waals surface area contributed by atoms with Gasteiger partial charge in [-0.1, -0.05) is 13.8 Å². The molecule has 1 heterocycles. The number of carboxylic acid groups (broad SMARTS) is 1. The average molecular weight is 294 g/mol. The van der Waals surface area contributed by atoms with Crippen molar-refractivity contribution in [1.82, 2.24) is 9.80 Å². The van der Waals surface area contributed by atoms with Crippen LogP contribution in [0.15, 0.2) is 18.2 Å². The molecule has 1 aromatic rings. The second kappa shape index (κ2) is 7.00. The fraction of sp³-hybridized carbons (Fsp3) is 0.562. The third-order valence-corrected chi connectivity index (χ3v) is 4.19. The summed E-state index contributed by atoms with van der Waals surface area (Å²) in [5.74, 6) is -1.57. The number of hydrogen-bond acceptors (Lipinski definition) is 3. The van der Waals surface area contributed by atoms with Gasteiger partial charge in [-0.3, -0.25) is 9.80 Å². The van der Waals surface area contributed by atoms with Crippen molar-refractivity contribution in [2.24, 2.45) is 0 Å². The summed E-state index contributed by atoms with van der Waals surface area (Å²) in [7, 11) is 0. The van der Waals surface area contributed by atoms with Gasteiger partial charge in [-0.25, -0.2) is 9.18 Å². The summed E-state index contributed by atoms with van der Waals surface area (Å²) >= 11 is 0. The maximum absolute atomic E-state index is 13.5. The Bertz CT molecular complexity index is 503. The molecule has 1 N–H and O–H groups in total. The minimum Gasteiger partial charge on any atom is -0.478 e. The second-order valence-corrected chi connectivity index (χ2v) is 5.55. The maximum atomic E-state index is 13.5. The van der Waals surface area contributed by atoms with Gasteiger partial charge >= 0.3 is 5.97 Å². The number of carboxylic acids is 1. The number of benzene rings is 1. The van der Waals surface area contributed by atoms with Crippen LogP contribution in [0.1, 0.15) is 36.2 Å². The molecule has 4 nitrogen and oxygen atoms in total. The van der Waals surface area contributed by atoms with Gasteiger partial charge in [-0.15, -0.1) is 0 Å². The van der Waals surface area contributed by atoms with E-state index in [1.54, 1.807) is 6.07 Å². The first-order valence-corrected chi connectivity index (χ1v) is 7.52. The minimum absolute atomic E-state index is 0.0180. The molecule has 0 aromatic heterocycles. The van der Waals surface area contributed by atoms with Gasteiger partial charge in [0, 0.05) is 25.7 Å². The largest absolute Gasteiger partial charge is 0.478 e. The molecule has 1 atom stereocenters. The Morgan fingerprint density at radius 1 is 1.38 bits per heavy atom. The molecule has 0 saturated carbocycles. The van der Waals surface area contributed by atoms with Crippen LogP contribution in [0.4, 0.5) is 4.39 Å². The van der Waals surface area contributed by atoms with E-state index >= 15 is 0 Å². The normalized spacial score (nSPS) is 19.3. The fourth-order valence-corrected chi connectivity index (χ4v) is 3.12. The highest BCUT2D eigenvalue weighted by molar-refractivity contribution is 5.87. The molecule has 5 heteroatoms. The van der Waals surface area contributed by atoms with Crippen molar-refractivity contribution in [1.29, 1.82) is 0 Å². The smallest absolute Gasteiger partial charge is 0.335 e. The Morgan fingerprint density at radius 2 is 2.10 bits per heavy atom. The second-order valence-electron chi connectivity index (χ2n) is 5.55. The molecule has 21 heavy (non-hydrogen) atoms. The predicted molar refractivity (Wildman–Crippen MR) is 80.0 cm³/mol. The Balaban J connectivity index is 2.01. The van der Waals surface area contributed by atoms with Crippen molar-refractivity contribution < 1.29 is 14.3 Å². The number of halogens is 1. The van der Waals surface area contributed by atoms with E-state index in [2.05, 4.69) is 23.6 Å². The lowest BCUT2D eigenvalue weighted by Gasteiger charge is -2.26. The van der Waals surface area contributed by atoms with Crippen LogP contribution in [0.5, 0.6) is 0 Å². The minimum atomic E-state index is -1.09. The number of carbonyl (C=O) groups is 1. The summed E-state index contributed by atoms with van der Waals surface area (Å²) in [6.07, 6.45) is 1.11. The molecule has 1 aliphatic heterocycles. The molecule has 2 rings (SSSR count). The number of likely N-dealkylation sites (tertiary alicyclic amines) is 1. The van der Waals surface area contributed by atoms with Crippen LogP contribution in [-0.2, 0) is 6.54 Å². The lowest BCUT2D eigenvalue weighted by Crippen LogP contribution is -2.37. The number of rotatable bonds is 6. The van der Waals surface area contributed by atoms with E-state index in [-0.39, 0.29) is 5.56 Å². The van der Waals surface area contributed by atoms with E-state index in [0.29, 0.717) is 12.6 Å². The van der Waals surface area contributed by atoms with Gasteiger partial charge in [0.15, 0.2) is 0 Å². The molecule has 0 bridgehead atoms. The third-order valence-electron chi connectivity index (χ3n) is 4.19. The lowest BCUT2D eigenvalue weighted by atomic mass is 10.1. The molecule has 1 aromatic carbocycles. The molecule has 116 valence electrons. The predicted octanol–water partition coefficient (Wildman–Crippen LogP) is 2.44. The summed E-state index contributed by atoms with van der Waals surface area (Å²) in [6.45, 7) is 8.95. The van der Waals surface area contributed by atoms with Crippen LogP contribution in [0, 0.1) is 5.82 Å². The zero-order chi connectivity index (χ0) is 15.4. The first kappa shape index (κ1) is 15.9. The fourth-order valence-electron chi connectivity index (χ4n) is 3.12. The topological polar surface area (TPSA) is 43.8 Å². The van der Waals surface area contributed by atoms with Gasteiger partial charge in [-0.2, -0.15) is 0 Å². The molecule has 0 amide bonds. The first-order chi connectivity index (χ1) is 10.0. The Morgan fingerprint density at radius 3 is 2.71 bits per heavy atom. The molecular weight excluding hydrogens is 271 g/mol. The van der Waals surface area contributed by atoms with Gasteiger partial charge in [-0.05, 0) is 43.3 Å². The Hall–Kier alpha value is -1.46. The van der Waals surface area contributed by atoms with E-state index in [0.717, 1.165) is 44.2 Å². The van der Waals surface area contributed by atoms with Gasteiger partial charge in [0.2, 0.25) is 0 Å². The van der Waals surface area contributed by atoms with Crippen LogP contribution in [0.25, 0.3) is 0 Å². The third kappa shape index (κ3) is 4.02. The highest BCUT2D eigenvalue weighted by Gasteiger charge is 2.26. The van der Waals surface area contributed by atoms with Crippen LogP contribution in [0.2, 0.25) is 0 Å². The zero-order valence-electron chi connectivity index (χ0n) is 12.7. The lowest BCUT2D eigenvalue weighted by molar-refractivity contribution is 0.0696. The highest BCUT2D eigenvalue weighted by atomic mass is 19.1. The van der Waals surface area contributed by atoms with Crippen molar-refractivity contribution in [2.45, 2.75) is 32.9 Å². The van der Waals surface area contributed by atoms with Gasteiger partial charge in [0.25, 0.3) is 0 Å². The van der Waals surface area contributed by atoms with Crippen LogP contribution in [0.3, 0.4) is 0 Å². The number of likely N-dealkylation sites (N-methyl/N-ethyl adjacent to an activating group) is 1. The van der Waals surface area contributed by atoms with Gasteiger partial charge in [0.1, 0.15) is 5.82 Å². The van der Waals surface area contributed by atoms with E-state index in [1.807, 2.05) is 0 Å². The average Bonchev–Trinajstić information content (AvgIpc) is 2.88. The van der Waals surface area contributed by atoms with Crippen molar-refractivity contribution in [3.05, 3.63) is 35.1 Å². The zero-order valence-corrected chi connectivity index (χ0v) is 12.7. The first-order valence-electron chi connectivity index (χ1n) is 7.52. The molecule has 0 aliphatic carbocycles. The standard InChI is InChI=1S/C16H23FN2O2/c1-3-19(4-2)15-5-6-18(11-15)10-12-7-13(16(20)21)9-14(17)8-12/h7-9,15H,3-6,10-11H2,1-2H3,(H,20,21). The highest BCUT2D eigenvalue weighted by Crippen LogP contribution is 2.19. The number of aromatic carboxylic acids is 1. The molecule has 1 aliphatic rings. The van der Waals surface area contributed by atoms with Crippen LogP contribution in [-0.4, -0.2) is 53.1 Å². The molecule has 1 fully saturated rings. The van der Waals surface area contributed by atoms with Crippen LogP contribution >= 0.6 is 0 Å². The molecule has 0 radical (unpaired) electrons. The van der Waals surface area contributed by atoms with Crippen molar-refractivity contribution in [3.63, 3.8) is 0 Å². The molecular formula is C16H23FN2O2. The summed E-state index contributed by atoms with van der Waals surface area (Å²) < 4.78 is 13.5. The summed E-state index contributed by atoms with van der Waals surface area (Å²) in [4.78, 5) is 15.7. The van der Waals surface area contributed by atoms with E-state index in [9.17, 15) is 9.18 Å². The monoisotopic (exact) mass is 294 g/mol. The molecule has 1 unspecified atom stereocenters. The Kier molecular flexibility index (Phi) is 5.31. The van der Waals surface area contributed by atoms with E-state index in [4.69, 9.17) is 5.11 Å². The van der Waals surface area contributed by atoms with Crippen molar-refractivity contribution in [2.75, 3.05) is 26.2 Å². The number of hydrogen-bond donors (Lipinski definition) is 1. The van der Waals surface area contributed by atoms with Gasteiger partial charge in [0.05, 0.1) is 5.56 Å². The quantitative estimate of drug-likeness (QED) is 0.875. The summed E-state index contributed by atoms with van der Waals surface area (Å²) in [6, 6.07) is 4.61.